The summed E-state index contributed by atoms with van der Waals surface area (Å²) in [5.74, 6) is 0.642. The van der Waals surface area contributed by atoms with E-state index in [0.717, 1.165) is 18.4 Å². The standard InChI is InChI=1S/C15H16N2OS/c16-8-12-14(9-4-6-10(18)7-5-9)11-2-1-3-13(11)17-15(12)19/h4-7,11-14,18H,1-3H2,(H,17,19). The third-order valence-electron chi connectivity index (χ3n) is 4.42. The van der Waals surface area contributed by atoms with Crippen molar-refractivity contribution in [3.63, 3.8) is 0 Å². The largest absolute Gasteiger partial charge is 0.508 e. The summed E-state index contributed by atoms with van der Waals surface area (Å²) in [6, 6.07) is 10.0. The highest BCUT2D eigenvalue weighted by atomic mass is 32.1. The average molecular weight is 272 g/mol. The molecule has 3 nitrogen and oxygen atoms in total. The highest BCUT2D eigenvalue weighted by Crippen LogP contribution is 2.45. The van der Waals surface area contributed by atoms with Crippen LogP contribution in [-0.4, -0.2) is 16.1 Å². The lowest BCUT2D eigenvalue weighted by Gasteiger charge is -2.39. The molecular weight excluding hydrogens is 256 g/mol. The van der Waals surface area contributed by atoms with Crippen molar-refractivity contribution in [3.8, 4) is 11.8 Å². The molecule has 2 fully saturated rings. The van der Waals surface area contributed by atoms with Crippen LogP contribution in [-0.2, 0) is 0 Å². The van der Waals surface area contributed by atoms with Gasteiger partial charge in [0, 0.05) is 12.0 Å². The Hall–Kier alpha value is -1.60. The molecule has 2 aliphatic rings. The second-order valence-corrected chi connectivity index (χ2v) is 5.87. The van der Waals surface area contributed by atoms with Crippen LogP contribution < -0.4 is 5.32 Å². The number of piperidine rings is 1. The number of hydrogen-bond acceptors (Lipinski definition) is 3. The first kappa shape index (κ1) is 12.4. The van der Waals surface area contributed by atoms with Crippen LogP contribution in [0.15, 0.2) is 24.3 Å². The molecule has 3 rings (SSSR count). The number of rotatable bonds is 1. The van der Waals surface area contributed by atoms with Crippen LogP contribution in [0.2, 0.25) is 0 Å². The van der Waals surface area contributed by atoms with E-state index in [-0.39, 0.29) is 17.6 Å². The SMILES string of the molecule is N#CC1C(=S)NC2CCCC2C1c1ccc(O)cc1. The van der Waals surface area contributed by atoms with Crippen LogP contribution in [0.5, 0.6) is 5.75 Å². The summed E-state index contributed by atoms with van der Waals surface area (Å²) < 4.78 is 0. The molecule has 0 aromatic heterocycles. The zero-order chi connectivity index (χ0) is 13.4. The van der Waals surface area contributed by atoms with Gasteiger partial charge in [-0.1, -0.05) is 30.8 Å². The van der Waals surface area contributed by atoms with E-state index >= 15 is 0 Å². The van der Waals surface area contributed by atoms with Crippen LogP contribution >= 0.6 is 12.2 Å². The van der Waals surface area contributed by atoms with Gasteiger partial charge in [-0.3, -0.25) is 0 Å². The molecule has 19 heavy (non-hydrogen) atoms. The Kier molecular flexibility index (Phi) is 3.16. The molecule has 4 heteroatoms. The molecule has 98 valence electrons. The number of aromatic hydroxyl groups is 1. The van der Waals surface area contributed by atoms with Crippen LogP contribution in [0.25, 0.3) is 0 Å². The molecule has 4 unspecified atom stereocenters. The van der Waals surface area contributed by atoms with Gasteiger partial charge >= 0.3 is 0 Å². The number of nitrogens with one attached hydrogen (secondary N) is 1. The van der Waals surface area contributed by atoms with Crippen molar-refractivity contribution in [2.45, 2.75) is 31.2 Å². The Bertz CT molecular complexity index is 534. The highest BCUT2D eigenvalue weighted by molar-refractivity contribution is 7.80. The Morgan fingerprint density at radius 1 is 1.26 bits per heavy atom. The molecule has 4 atom stereocenters. The number of thiocarbonyl (C=S) groups is 1. The molecule has 2 N–H and O–H groups in total. The van der Waals surface area contributed by atoms with E-state index in [9.17, 15) is 10.4 Å². The van der Waals surface area contributed by atoms with Gasteiger partial charge in [-0.2, -0.15) is 5.26 Å². The molecule has 1 saturated heterocycles. The van der Waals surface area contributed by atoms with Gasteiger partial charge in [-0.05, 0) is 36.5 Å². The number of nitrogens with zero attached hydrogens (tertiary/aromatic N) is 1. The number of fused-ring (bicyclic) bond motifs is 1. The predicted octanol–water partition coefficient (Wildman–Crippen LogP) is 2.71. The third kappa shape index (κ3) is 2.08. The summed E-state index contributed by atoms with van der Waals surface area (Å²) in [6.45, 7) is 0. The van der Waals surface area contributed by atoms with Crippen molar-refractivity contribution in [1.82, 2.24) is 5.32 Å². The van der Waals surface area contributed by atoms with Gasteiger partial charge in [-0.25, -0.2) is 0 Å². The number of phenolic OH excluding ortho intramolecular Hbond substituents is 1. The van der Waals surface area contributed by atoms with Crippen molar-refractivity contribution in [1.29, 1.82) is 5.26 Å². The van der Waals surface area contributed by atoms with Crippen molar-refractivity contribution >= 4 is 17.2 Å². The van der Waals surface area contributed by atoms with Gasteiger partial charge in [0.2, 0.25) is 0 Å². The zero-order valence-electron chi connectivity index (χ0n) is 10.5. The summed E-state index contributed by atoms with van der Waals surface area (Å²) in [5.41, 5.74) is 1.12. The quantitative estimate of drug-likeness (QED) is 0.772. The fourth-order valence-electron chi connectivity index (χ4n) is 3.56. The van der Waals surface area contributed by atoms with Crippen molar-refractivity contribution in [2.75, 3.05) is 0 Å². The van der Waals surface area contributed by atoms with Gasteiger partial charge < -0.3 is 10.4 Å². The zero-order valence-corrected chi connectivity index (χ0v) is 11.4. The summed E-state index contributed by atoms with van der Waals surface area (Å²) in [7, 11) is 0. The number of nitriles is 1. The van der Waals surface area contributed by atoms with Crippen LogP contribution in [0.1, 0.15) is 30.7 Å². The van der Waals surface area contributed by atoms with E-state index in [0.29, 0.717) is 16.9 Å². The minimum absolute atomic E-state index is 0.159. The lowest BCUT2D eigenvalue weighted by Crippen LogP contribution is -2.50. The number of benzene rings is 1. The fraction of sp³-hybridized carbons (Fsp3) is 0.467. The van der Waals surface area contributed by atoms with Crippen molar-refractivity contribution in [3.05, 3.63) is 29.8 Å². The minimum atomic E-state index is -0.251. The molecule has 1 heterocycles. The van der Waals surface area contributed by atoms with Gasteiger partial charge in [-0.15, -0.1) is 0 Å². The molecule has 1 saturated carbocycles. The second-order valence-electron chi connectivity index (χ2n) is 5.43. The van der Waals surface area contributed by atoms with Gasteiger partial charge in [0.05, 0.1) is 11.1 Å². The summed E-state index contributed by atoms with van der Waals surface area (Å²) in [5, 5.41) is 22.2. The van der Waals surface area contributed by atoms with Crippen molar-refractivity contribution < 1.29 is 5.11 Å². The topological polar surface area (TPSA) is 56.0 Å². The van der Waals surface area contributed by atoms with Crippen LogP contribution in [0, 0.1) is 23.2 Å². The molecule has 1 aromatic carbocycles. The van der Waals surface area contributed by atoms with Crippen LogP contribution in [0.4, 0.5) is 0 Å². The summed E-state index contributed by atoms with van der Waals surface area (Å²) >= 11 is 5.37. The molecule has 0 radical (unpaired) electrons. The first-order chi connectivity index (χ1) is 9.20. The normalized spacial score (nSPS) is 33.3. The van der Waals surface area contributed by atoms with Gasteiger partial charge in [0.25, 0.3) is 0 Å². The smallest absolute Gasteiger partial charge is 0.115 e. The monoisotopic (exact) mass is 272 g/mol. The Morgan fingerprint density at radius 2 is 2.00 bits per heavy atom. The lowest BCUT2D eigenvalue weighted by molar-refractivity contribution is 0.319. The number of hydrogen-bond donors (Lipinski definition) is 2. The maximum Gasteiger partial charge on any atom is 0.115 e. The van der Waals surface area contributed by atoms with E-state index in [1.165, 1.54) is 6.42 Å². The predicted molar refractivity (Wildman–Crippen MR) is 76.8 cm³/mol. The summed E-state index contributed by atoms with van der Waals surface area (Å²) in [4.78, 5) is 0.684. The van der Waals surface area contributed by atoms with Gasteiger partial charge in [0.15, 0.2) is 0 Å². The maximum atomic E-state index is 9.44. The Labute approximate surface area is 118 Å². The molecule has 0 bridgehead atoms. The molecule has 0 spiro atoms. The Morgan fingerprint density at radius 3 is 2.68 bits per heavy atom. The van der Waals surface area contributed by atoms with Crippen molar-refractivity contribution in [2.24, 2.45) is 11.8 Å². The lowest BCUT2D eigenvalue weighted by atomic mass is 9.72. The molecule has 1 aliphatic carbocycles. The van der Waals surface area contributed by atoms with E-state index in [4.69, 9.17) is 12.2 Å². The van der Waals surface area contributed by atoms with Gasteiger partial charge in [0.1, 0.15) is 11.7 Å². The van der Waals surface area contributed by atoms with E-state index < -0.39 is 0 Å². The fourth-order valence-corrected chi connectivity index (χ4v) is 3.91. The van der Waals surface area contributed by atoms with E-state index in [1.54, 1.807) is 12.1 Å². The minimum Gasteiger partial charge on any atom is -0.508 e. The first-order valence-corrected chi connectivity index (χ1v) is 7.10. The Balaban J connectivity index is 2.00. The maximum absolute atomic E-state index is 9.44. The molecule has 1 aliphatic heterocycles. The molecule has 1 aromatic rings. The molecule has 0 amide bonds. The van der Waals surface area contributed by atoms with Crippen LogP contribution in [0.3, 0.4) is 0 Å². The third-order valence-corrected chi connectivity index (χ3v) is 4.79. The highest BCUT2D eigenvalue weighted by Gasteiger charge is 2.44. The molecular formula is C15H16N2OS. The second kappa shape index (κ2) is 4.82. The van der Waals surface area contributed by atoms with E-state index in [1.807, 2.05) is 12.1 Å². The summed E-state index contributed by atoms with van der Waals surface area (Å²) in [6.07, 6.45) is 3.47. The van der Waals surface area contributed by atoms with E-state index in [2.05, 4.69) is 11.4 Å². The first-order valence-electron chi connectivity index (χ1n) is 6.69. The number of phenols is 1. The average Bonchev–Trinajstić information content (AvgIpc) is 2.86.